The molecular weight excluding hydrogens is 439 g/mol. The van der Waals surface area contributed by atoms with Crippen molar-refractivity contribution in [2.45, 2.75) is 19.4 Å². The second-order valence-electron chi connectivity index (χ2n) is 8.08. The van der Waals surface area contributed by atoms with Gasteiger partial charge in [-0.25, -0.2) is 12.8 Å². The second kappa shape index (κ2) is 8.79. The fourth-order valence-electron chi connectivity index (χ4n) is 3.00. The second-order valence-corrected chi connectivity index (χ2v) is 10.2. The molecule has 10 heteroatoms. The first kappa shape index (κ1) is 23.6. The molecule has 0 aliphatic heterocycles. The Bertz CT molecular complexity index is 1240. The predicted octanol–water partition coefficient (Wildman–Crippen LogP) is 3.16. The molecule has 172 valence electrons. The number of amides is 1. The minimum absolute atomic E-state index is 0.0793. The van der Waals surface area contributed by atoms with E-state index >= 15 is 0 Å². The average molecular weight is 465 g/mol. The lowest BCUT2D eigenvalue weighted by atomic mass is 10.0. The monoisotopic (exact) mass is 464 g/mol. The van der Waals surface area contributed by atoms with Gasteiger partial charge in [-0.05, 0) is 44.2 Å². The summed E-state index contributed by atoms with van der Waals surface area (Å²) in [7, 11) is -1.87. The number of sulfone groups is 1. The molecule has 1 amide bonds. The lowest BCUT2D eigenvalue weighted by Gasteiger charge is -2.20. The van der Waals surface area contributed by atoms with Gasteiger partial charge >= 0.3 is 0 Å². The summed E-state index contributed by atoms with van der Waals surface area (Å²) in [5.41, 5.74) is 0.176. The van der Waals surface area contributed by atoms with Crippen LogP contribution >= 0.6 is 0 Å². The molecule has 3 aromatic rings. The van der Waals surface area contributed by atoms with E-state index in [1.165, 1.54) is 37.4 Å². The normalized spacial score (nSPS) is 12.1. The molecule has 0 unspecified atom stereocenters. The van der Waals surface area contributed by atoms with Gasteiger partial charge in [-0.1, -0.05) is 0 Å². The number of nitrogens with one attached hydrogen (secondary N) is 2. The lowest BCUT2D eigenvalue weighted by molar-refractivity contribution is 0.0288. The van der Waals surface area contributed by atoms with Crippen LogP contribution in [0.4, 0.5) is 10.1 Å². The van der Waals surface area contributed by atoms with Crippen molar-refractivity contribution in [1.82, 2.24) is 5.32 Å². The van der Waals surface area contributed by atoms with Crippen LogP contribution in [-0.2, 0) is 9.84 Å². The molecule has 0 saturated heterocycles. The number of anilines is 1. The summed E-state index contributed by atoms with van der Waals surface area (Å²) in [6.07, 6.45) is 1.08. The highest BCUT2D eigenvalue weighted by Gasteiger charge is 2.24. The van der Waals surface area contributed by atoms with Crippen LogP contribution in [0.2, 0.25) is 0 Å². The van der Waals surface area contributed by atoms with Gasteiger partial charge in [-0.15, -0.1) is 0 Å². The van der Waals surface area contributed by atoms with Crippen LogP contribution in [0, 0.1) is 5.82 Å². The molecule has 0 radical (unpaired) electrons. The number of ether oxygens (including phenoxy) is 1. The summed E-state index contributed by atoms with van der Waals surface area (Å²) in [5.74, 6) is -0.743. The number of hydrogen-bond acceptors (Lipinski definition) is 7. The quantitative estimate of drug-likeness (QED) is 0.469. The molecule has 1 aromatic heterocycles. The van der Waals surface area contributed by atoms with Gasteiger partial charge in [0.1, 0.15) is 35.4 Å². The number of aliphatic hydroxyl groups is 1. The molecule has 3 N–H and O–H groups in total. The number of furan rings is 1. The summed E-state index contributed by atoms with van der Waals surface area (Å²) in [5, 5.41) is 15.8. The molecule has 3 rings (SSSR count). The first-order valence-electron chi connectivity index (χ1n) is 9.73. The molecule has 8 nitrogen and oxygen atoms in total. The molecule has 0 spiro atoms. The van der Waals surface area contributed by atoms with E-state index in [2.05, 4.69) is 10.6 Å². The molecule has 2 aromatic carbocycles. The lowest BCUT2D eigenvalue weighted by Crippen LogP contribution is -2.28. The number of fused-ring (bicyclic) bond motifs is 1. The van der Waals surface area contributed by atoms with Crippen molar-refractivity contribution in [3.05, 3.63) is 47.8 Å². The predicted molar refractivity (Wildman–Crippen MR) is 120 cm³/mol. The topological polar surface area (TPSA) is 118 Å². The van der Waals surface area contributed by atoms with E-state index in [9.17, 15) is 22.7 Å². The highest BCUT2D eigenvalue weighted by atomic mass is 32.2. The fourth-order valence-corrected chi connectivity index (χ4v) is 3.42. The van der Waals surface area contributed by atoms with Crippen LogP contribution in [-0.4, -0.2) is 50.8 Å². The minimum atomic E-state index is -3.35. The van der Waals surface area contributed by atoms with Gasteiger partial charge in [-0.3, -0.25) is 4.79 Å². The molecule has 1 heterocycles. The number of carbonyl (C=O) groups excluding carboxylic acids is 1. The third-order valence-corrected chi connectivity index (χ3v) is 5.13. The maximum absolute atomic E-state index is 13.4. The van der Waals surface area contributed by atoms with Crippen molar-refractivity contribution in [2.24, 2.45) is 0 Å². The Labute approximate surface area is 185 Å². The van der Waals surface area contributed by atoms with E-state index < -0.39 is 27.2 Å². The summed E-state index contributed by atoms with van der Waals surface area (Å²) in [6, 6.07) is 8.58. The molecule has 0 atom stereocenters. The largest absolute Gasteiger partial charge is 0.488 e. The number of halogens is 1. The Morgan fingerprint density at radius 3 is 2.44 bits per heavy atom. The van der Waals surface area contributed by atoms with Crippen LogP contribution in [0.3, 0.4) is 0 Å². The highest BCUT2D eigenvalue weighted by molar-refractivity contribution is 7.90. The van der Waals surface area contributed by atoms with E-state index in [0.717, 1.165) is 6.26 Å². The summed E-state index contributed by atoms with van der Waals surface area (Å²) >= 11 is 0. The van der Waals surface area contributed by atoms with Crippen LogP contribution in [0.5, 0.6) is 5.75 Å². The standard InChI is InChI=1S/C22H25FN2O6S/c1-22(2,27)11-30-18-9-15-17(10-16(18)25-12-32(4,28)29)31-20(19(15)21(26)24-3)13-5-7-14(23)8-6-13/h5-10,25,27H,11-12H2,1-4H3,(H,24,26). The SMILES string of the molecule is CNC(=O)c1c(-c2ccc(F)cc2)oc2cc(NCS(C)(=O)=O)c(OCC(C)(C)O)cc12. The Morgan fingerprint density at radius 2 is 1.88 bits per heavy atom. The Kier molecular flexibility index (Phi) is 6.47. The molecule has 32 heavy (non-hydrogen) atoms. The van der Waals surface area contributed by atoms with E-state index in [0.29, 0.717) is 22.2 Å². The van der Waals surface area contributed by atoms with Crippen LogP contribution < -0.4 is 15.4 Å². The zero-order chi connectivity index (χ0) is 23.7. The van der Waals surface area contributed by atoms with Gasteiger partial charge in [0, 0.05) is 30.3 Å². The Morgan fingerprint density at radius 1 is 1.22 bits per heavy atom. The third-order valence-electron chi connectivity index (χ3n) is 4.46. The van der Waals surface area contributed by atoms with Crippen molar-refractivity contribution < 1.29 is 31.9 Å². The molecular formula is C22H25FN2O6S. The van der Waals surface area contributed by atoms with Gasteiger partial charge in [0.25, 0.3) is 5.91 Å². The van der Waals surface area contributed by atoms with Crippen molar-refractivity contribution in [3.63, 3.8) is 0 Å². The van der Waals surface area contributed by atoms with Gasteiger partial charge in [0.2, 0.25) is 0 Å². The van der Waals surface area contributed by atoms with Crippen LogP contribution in [0.25, 0.3) is 22.3 Å². The minimum Gasteiger partial charge on any atom is -0.488 e. The van der Waals surface area contributed by atoms with Gasteiger partial charge in [-0.2, -0.15) is 0 Å². The van der Waals surface area contributed by atoms with Gasteiger partial charge < -0.3 is 24.9 Å². The number of benzene rings is 2. The van der Waals surface area contributed by atoms with Crippen molar-refractivity contribution in [3.8, 4) is 17.1 Å². The van der Waals surface area contributed by atoms with Gasteiger partial charge in [0.05, 0.1) is 16.9 Å². The average Bonchev–Trinajstić information content (AvgIpc) is 3.07. The van der Waals surface area contributed by atoms with Crippen LogP contribution in [0.1, 0.15) is 24.2 Å². The molecule has 0 aliphatic carbocycles. The van der Waals surface area contributed by atoms with Crippen LogP contribution in [0.15, 0.2) is 40.8 Å². The van der Waals surface area contributed by atoms with E-state index in [-0.39, 0.29) is 29.6 Å². The van der Waals surface area contributed by atoms with Crippen molar-refractivity contribution in [1.29, 1.82) is 0 Å². The highest BCUT2D eigenvalue weighted by Crippen LogP contribution is 2.39. The van der Waals surface area contributed by atoms with E-state index in [1.54, 1.807) is 19.9 Å². The number of rotatable bonds is 8. The molecule has 0 fully saturated rings. The van der Waals surface area contributed by atoms with E-state index in [4.69, 9.17) is 9.15 Å². The molecule has 0 saturated carbocycles. The maximum Gasteiger partial charge on any atom is 0.255 e. The summed E-state index contributed by atoms with van der Waals surface area (Å²) in [4.78, 5) is 12.7. The third kappa shape index (κ3) is 5.57. The fraction of sp³-hybridized carbons (Fsp3) is 0.318. The first-order chi connectivity index (χ1) is 14.9. The summed E-state index contributed by atoms with van der Waals surface area (Å²) in [6.45, 7) is 3.05. The summed E-state index contributed by atoms with van der Waals surface area (Å²) < 4.78 is 48.4. The zero-order valence-electron chi connectivity index (χ0n) is 18.2. The zero-order valence-corrected chi connectivity index (χ0v) is 19.0. The number of hydrogen-bond donors (Lipinski definition) is 3. The van der Waals surface area contributed by atoms with Crippen molar-refractivity contribution >= 4 is 32.4 Å². The Balaban J connectivity index is 2.20. The smallest absolute Gasteiger partial charge is 0.255 e. The first-order valence-corrected chi connectivity index (χ1v) is 11.8. The van der Waals surface area contributed by atoms with E-state index in [1.807, 2.05) is 0 Å². The van der Waals surface area contributed by atoms with Gasteiger partial charge in [0.15, 0.2) is 9.84 Å². The van der Waals surface area contributed by atoms with Crippen molar-refractivity contribution in [2.75, 3.05) is 31.1 Å². The Hall–Kier alpha value is -3.11. The maximum atomic E-state index is 13.4. The molecule has 0 aliphatic rings. The molecule has 0 bridgehead atoms. The number of carbonyl (C=O) groups is 1.